The maximum Gasteiger partial charge on any atom is 0.407 e. The number of nitrogens with one attached hydrogen (secondary N) is 1. The third-order valence-electron chi connectivity index (χ3n) is 2.07. The van der Waals surface area contributed by atoms with Crippen LogP contribution in [0.1, 0.15) is 18.1 Å². The maximum absolute atomic E-state index is 13.5. The van der Waals surface area contributed by atoms with Crippen molar-refractivity contribution >= 4 is 17.7 Å². The Morgan fingerprint density at radius 3 is 2.94 bits per heavy atom. The third kappa shape index (κ3) is 4.64. The van der Waals surface area contributed by atoms with E-state index in [1.807, 2.05) is 0 Å². The third-order valence-corrected chi connectivity index (χ3v) is 2.18. The maximum atomic E-state index is 13.5. The van der Waals surface area contributed by atoms with E-state index in [1.165, 1.54) is 13.2 Å². The molecule has 1 rings (SSSR count). The second-order valence-corrected chi connectivity index (χ2v) is 4.19. The fourth-order valence-electron chi connectivity index (χ4n) is 1.21. The van der Waals surface area contributed by atoms with Crippen LogP contribution in [0.25, 0.3) is 0 Å². The van der Waals surface area contributed by atoms with Gasteiger partial charge in [0.1, 0.15) is 5.82 Å². The van der Waals surface area contributed by atoms with E-state index in [4.69, 9.17) is 11.6 Å². The summed E-state index contributed by atoms with van der Waals surface area (Å²) in [5.74, 6) is 5.18. The fraction of sp³-hybridized carbons (Fsp3) is 0.308. The van der Waals surface area contributed by atoms with E-state index in [1.54, 1.807) is 19.1 Å². The van der Waals surface area contributed by atoms with Crippen LogP contribution in [0.2, 0.25) is 0 Å². The summed E-state index contributed by atoms with van der Waals surface area (Å²) >= 11 is 5.70. The number of carbonyl (C=O) groups is 1. The molecule has 0 radical (unpaired) electrons. The Hall–Kier alpha value is -1.73. The molecule has 1 atom stereocenters. The monoisotopic (exact) mass is 269 g/mol. The standard InChI is InChI=1S/C13H13ClFNO2/c1-9(14)3-4-10-5-6-12(15)11(7-10)8-16-13(17)18-2/h5-7,9H,8H2,1-2H3,(H,16,17). The molecule has 0 saturated heterocycles. The molecule has 96 valence electrons. The number of rotatable bonds is 2. The summed E-state index contributed by atoms with van der Waals surface area (Å²) in [5.41, 5.74) is 0.986. The number of alkyl halides is 1. The van der Waals surface area contributed by atoms with Crippen LogP contribution in [0, 0.1) is 17.7 Å². The fourth-order valence-corrected chi connectivity index (χ4v) is 1.26. The highest BCUT2D eigenvalue weighted by molar-refractivity contribution is 6.22. The zero-order valence-electron chi connectivity index (χ0n) is 10.1. The van der Waals surface area contributed by atoms with Crippen LogP contribution in [-0.2, 0) is 11.3 Å². The number of methoxy groups -OCH3 is 1. The lowest BCUT2D eigenvalue weighted by Crippen LogP contribution is -2.22. The van der Waals surface area contributed by atoms with Crippen LogP contribution < -0.4 is 5.32 Å². The first kappa shape index (κ1) is 14.3. The van der Waals surface area contributed by atoms with Gasteiger partial charge < -0.3 is 10.1 Å². The molecule has 0 aliphatic carbocycles. The van der Waals surface area contributed by atoms with E-state index in [-0.39, 0.29) is 11.9 Å². The van der Waals surface area contributed by atoms with E-state index < -0.39 is 11.9 Å². The minimum Gasteiger partial charge on any atom is -0.453 e. The van der Waals surface area contributed by atoms with Gasteiger partial charge in [-0.05, 0) is 25.1 Å². The quantitative estimate of drug-likeness (QED) is 0.662. The minimum absolute atomic E-state index is 0.0461. The van der Waals surface area contributed by atoms with Crippen molar-refractivity contribution in [3.63, 3.8) is 0 Å². The number of hydrogen-bond acceptors (Lipinski definition) is 2. The first-order valence-corrected chi connectivity index (χ1v) is 5.72. The second kappa shape index (κ2) is 6.87. The Morgan fingerprint density at radius 1 is 1.61 bits per heavy atom. The zero-order chi connectivity index (χ0) is 13.5. The van der Waals surface area contributed by atoms with Gasteiger partial charge in [0, 0.05) is 17.7 Å². The molecule has 0 aliphatic rings. The summed E-state index contributed by atoms with van der Waals surface area (Å²) < 4.78 is 17.9. The van der Waals surface area contributed by atoms with Gasteiger partial charge in [0.15, 0.2) is 0 Å². The Balaban J connectivity index is 2.82. The molecule has 0 aromatic heterocycles. The van der Waals surface area contributed by atoms with Crippen molar-refractivity contribution in [2.45, 2.75) is 18.8 Å². The van der Waals surface area contributed by atoms with E-state index in [0.717, 1.165) is 0 Å². The highest BCUT2D eigenvalue weighted by Crippen LogP contribution is 2.10. The van der Waals surface area contributed by atoms with Gasteiger partial charge in [-0.25, -0.2) is 9.18 Å². The Morgan fingerprint density at radius 2 is 2.33 bits per heavy atom. The van der Waals surface area contributed by atoms with Crippen LogP contribution in [0.5, 0.6) is 0 Å². The van der Waals surface area contributed by atoms with Crippen molar-refractivity contribution in [3.8, 4) is 11.8 Å². The molecule has 3 nitrogen and oxygen atoms in total. The SMILES string of the molecule is COC(=O)NCc1cc(C#CC(C)Cl)ccc1F. The number of hydrogen-bond donors (Lipinski definition) is 1. The summed E-state index contributed by atoms with van der Waals surface area (Å²) in [4.78, 5) is 10.9. The summed E-state index contributed by atoms with van der Waals surface area (Å²) in [6.45, 7) is 1.79. The first-order chi connectivity index (χ1) is 8.52. The Bertz CT molecular complexity index is 491. The smallest absolute Gasteiger partial charge is 0.407 e. The molecule has 0 spiro atoms. The van der Waals surface area contributed by atoms with Gasteiger partial charge in [0.25, 0.3) is 0 Å². The van der Waals surface area contributed by atoms with Crippen molar-refractivity contribution in [2.75, 3.05) is 7.11 Å². The molecular formula is C13H13ClFNO2. The van der Waals surface area contributed by atoms with E-state index in [2.05, 4.69) is 21.9 Å². The molecule has 0 heterocycles. The summed E-state index contributed by atoms with van der Waals surface area (Å²) in [5, 5.41) is 2.13. The molecule has 1 aromatic rings. The Labute approximate surface area is 110 Å². The molecular weight excluding hydrogens is 257 g/mol. The lowest BCUT2D eigenvalue weighted by Gasteiger charge is -2.05. The van der Waals surface area contributed by atoms with Crippen LogP contribution in [0.15, 0.2) is 18.2 Å². The molecule has 0 saturated carbocycles. The number of carbonyl (C=O) groups excluding carboxylic acids is 1. The lowest BCUT2D eigenvalue weighted by atomic mass is 10.1. The molecule has 0 fully saturated rings. The molecule has 18 heavy (non-hydrogen) atoms. The molecule has 1 unspecified atom stereocenters. The number of halogens is 2. The van der Waals surface area contributed by atoms with E-state index in [9.17, 15) is 9.18 Å². The highest BCUT2D eigenvalue weighted by atomic mass is 35.5. The molecule has 1 aromatic carbocycles. The Kier molecular flexibility index (Phi) is 5.47. The number of benzene rings is 1. The number of amides is 1. The normalized spacial score (nSPS) is 11.1. The molecule has 5 heteroatoms. The summed E-state index contributed by atoms with van der Waals surface area (Å²) in [7, 11) is 1.25. The zero-order valence-corrected chi connectivity index (χ0v) is 10.8. The largest absolute Gasteiger partial charge is 0.453 e. The molecule has 1 N–H and O–H groups in total. The van der Waals surface area contributed by atoms with Crippen LogP contribution in [-0.4, -0.2) is 18.6 Å². The molecule has 0 aliphatic heterocycles. The predicted octanol–water partition coefficient (Wildman–Crippen LogP) is 2.66. The van der Waals surface area contributed by atoms with Gasteiger partial charge >= 0.3 is 6.09 Å². The van der Waals surface area contributed by atoms with Crippen molar-refractivity contribution in [3.05, 3.63) is 35.1 Å². The van der Waals surface area contributed by atoms with Crippen molar-refractivity contribution in [2.24, 2.45) is 0 Å². The van der Waals surface area contributed by atoms with Crippen LogP contribution in [0.3, 0.4) is 0 Å². The van der Waals surface area contributed by atoms with Gasteiger partial charge in [-0.15, -0.1) is 11.6 Å². The lowest BCUT2D eigenvalue weighted by molar-refractivity contribution is 0.170. The van der Waals surface area contributed by atoms with E-state index in [0.29, 0.717) is 11.1 Å². The highest BCUT2D eigenvalue weighted by Gasteiger charge is 2.05. The van der Waals surface area contributed by atoms with Gasteiger partial charge in [0.2, 0.25) is 0 Å². The van der Waals surface area contributed by atoms with Crippen molar-refractivity contribution in [1.82, 2.24) is 5.32 Å². The van der Waals surface area contributed by atoms with Gasteiger partial charge in [-0.2, -0.15) is 0 Å². The predicted molar refractivity (Wildman–Crippen MR) is 67.8 cm³/mol. The average molecular weight is 270 g/mol. The van der Waals surface area contributed by atoms with Gasteiger partial charge in [-0.1, -0.05) is 11.8 Å². The second-order valence-electron chi connectivity index (χ2n) is 3.54. The minimum atomic E-state index is -0.611. The molecule has 0 bridgehead atoms. The first-order valence-electron chi connectivity index (χ1n) is 5.28. The van der Waals surface area contributed by atoms with Crippen LogP contribution >= 0.6 is 11.6 Å². The van der Waals surface area contributed by atoms with Gasteiger partial charge in [-0.3, -0.25) is 0 Å². The summed E-state index contributed by atoms with van der Waals surface area (Å²) in [6, 6.07) is 4.43. The van der Waals surface area contributed by atoms with Crippen LogP contribution in [0.4, 0.5) is 9.18 Å². The molecule has 1 amide bonds. The van der Waals surface area contributed by atoms with Crippen molar-refractivity contribution < 1.29 is 13.9 Å². The number of ether oxygens (including phenoxy) is 1. The van der Waals surface area contributed by atoms with Gasteiger partial charge in [0.05, 0.1) is 12.5 Å². The number of alkyl carbamates (subject to hydrolysis) is 1. The summed E-state index contributed by atoms with van der Waals surface area (Å²) in [6.07, 6.45) is -0.611. The van der Waals surface area contributed by atoms with E-state index >= 15 is 0 Å². The average Bonchev–Trinajstić information content (AvgIpc) is 2.35. The topological polar surface area (TPSA) is 38.3 Å². The van der Waals surface area contributed by atoms with Crippen molar-refractivity contribution in [1.29, 1.82) is 0 Å².